The average Bonchev–Trinajstić information content (AvgIpc) is 3.47. The number of nitrogens with zero attached hydrogens (tertiary/aromatic N) is 3. The van der Waals surface area contributed by atoms with Crippen molar-refractivity contribution in [3.8, 4) is 0 Å². The fourth-order valence-corrected chi connectivity index (χ4v) is 5.26. The second-order valence-electron chi connectivity index (χ2n) is 7.77. The number of aliphatic hydroxyl groups excluding tert-OH is 1. The van der Waals surface area contributed by atoms with E-state index in [1.165, 1.54) is 68.0 Å². The first-order valence-corrected chi connectivity index (χ1v) is 13.4. The van der Waals surface area contributed by atoms with Crippen molar-refractivity contribution in [2.24, 2.45) is 10.4 Å². The molecule has 0 aromatic carbocycles. The lowest BCUT2D eigenvalue weighted by molar-refractivity contribution is -0.136. The van der Waals surface area contributed by atoms with Gasteiger partial charge < -0.3 is 10.2 Å². The highest BCUT2D eigenvalue weighted by atomic mass is 32.2. The highest BCUT2D eigenvalue weighted by molar-refractivity contribution is 8.00. The molecule has 0 bridgehead atoms. The third kappa shape index (κ3) is 10.2. The van der Waals surface area contributed by atoms with Crippen LogP contribution in [0.25, 0.3) is 0 Å². The van der Waals surface area contributed by atoms with E-state index in [1.54, 1.807) is 5.01 Å². The van der Waals surface area contributed by atoms with Crippen molar-refractivity contribution in [3.63, 3.8) is 0 Å². The summed E-state index contributed by atoms with van der Waals surface area (Å²) < 4.78 is 0. The Kier molecular flexibility index (Phi) is 13.1. The number of aliphatic carboxylic acids is 1. The summed E-state index contributed by atoms with van der Waals surface area (Å²) in [6.45, 7) is 2.75. The fourth-order valence-electron chi connectivity index (χ4n) is 3.26. The zero-order valence-corrected chi connectivity index (χ0v) is 20.5. The maximum atomic E-state index is 10.9. The van der Waals surface area contributed by atoms with E-state index >= 15 is 0 Å². The second-order valence-corrected chi connectivity index (χ2v) is 9.95. The summed E-state index contributed by atoms with van der Waals surface area (Å²) >= 11 is 2.96. The van der Waals surface area contributed by atoms with Crippen LogP contribution in [0.3, 0.4) is 0 Å². The largest absolute Gasteiger partial charge is 0.481 e. The molecule has 0 spiro atoms. The molecule has 2 heterocycles. The molecule has 0 aliphatic carbocycles. The minimum absolute atomic E-state index is 0.0739. The first-order valence-electron chi connectivity index (χ1n) is 11.5. The second kappa shape index (κ2) is 15.9. The lowest BCUT2D eigenvalue weighted by atomic mass is 10.1. The van der Waals surface area contributed by atoms with E-state index in [1.807, 2.05) is 29.7 Å². The first-order chi connectivity index (χ1) is 15.6. The van der Waals surface area contributed by atoms with Crippen LogP contribution < -0.4 is 10.4 Å². The minimum Gasteiger partial charge on any atom is -0.481 e. The van der Waals surface area contributed by atoms with E-state index in [0.29, 0.717) is 12.4 Å². The summed E-state index contributed by atoms with van der Waals surface area (Å²) in [5.41, 5.74) is 3.59. The molecule has 3 N–H and O–H groups in total. The molecule has 2 rings (SSSR count). The number of carboxylic acids is 1. The summed E-state index contributed by atoms with van der Waals surface area (Å²) in [4.78, 5) is 10.9. The van der Waals surface area contributed by atoms with Gasteiger partial charge in [0.25, 0.3) is 0 Å². The van der Waals surface area contributed by atoms with Gasteiger partial charge in [-0.1, -0.05) is 75.0 Å². The van der Waals surface area contributed by atoms with Gasteiger partial charge in [0.15, 0.2) is 0 Å². The van der Waals surface area contributed by atoms with Crippen LogP contribution in [-0.2, 0) is 4.79 Å². The lowest BCUT2D eigenvalue weighted by Crippen LogP contribution is -2.18. The van der Waals surface area contributed by atoms with Gasteiger partial charge in [-0.25, -0.2) is 5.01 Å². The van der Waals surface area contributed by atoms with Crippen molar-refractivity contribution in [2.45, 2.75) is 76.1 Å². The Morgan fingerprint density at radius 1 is 1.28 bits per heavy atom. The van der Waals surface area contributed by atoms with Crippen LogP contribution in [0.1, 0.15) is 76.4 Å². The van der Waals surface area contributed by atoms with Crippen molar-refractivity contribution >= 4 is 34.1 Å². The smallest absolute Gasteiger partial charge is 0.304 e. The molecule has 1 aromatic rings. The topological polar surface area (TPSA) is 97.5 Å². The molecule has 0 saturated heterocycles. The summed E-state index contributed by atoms with van der Waals surface area (Å²) in [7, 11) is 0. The number of hydrogen-bond acceptors (Lipinski definition) is 8. The fraction of sp³-hybridized carbons (Fsp3) is 0.609. The molecule has 1 aromatic heterocycles. The predicted molar refractivity (Wildman–Crippen MR) is 134 cm³/mol. The van der Waals surface area contributed by atoms with Crippen LogP contribution in [0.4, 0.5) is 5.00 Å². The molecule has 32 heavy (non-hydrogen) atoms. The first kappa shape index (κ1) is 26.4. The number of rotatable bonds is 17. The number of carboxylic acid groups (broad SMARTS) is 1. The number of allylic oxidation sites excluding steroid dienone is 3. The predicted octanol–water partition coefficient (Wildman–Crippen LogP) is 6.26. The van der Waals surface area contributed by atoms with E-state index in [9.17, 15) is 9.90 Å². The van der Waals surface area contributed by atoms with Crippen molar-refractivity contribution in [1.29, 1.82) is 0 Å². The number of carbonyl (C=O) groups is 1. The van der Waals surface area contributed by atoms with Gasteiger partial charge in [0.2, 0.25) is 0 Å². The van der Waals surface area contributed by atoms with Crippen LogP contribution in [-0.4, -0.2) is 33.9 Å². The molecule has 0 fully saturated rings. The highest BCUT2D eigenvalue weighted by Gasteiger charge is 2.22. The lowest BCUT2D eigenvalue weighted by Gasteiger charge is -2.18. The Balaban J connectivity index is 1.83. The van der Waals surface area contributed by atoms with Crippen molar-refractivity contribution in [1.82, 2.24) is 5.43 Å². The van der Waals surface area contributed by atoms with Gasteiger partial charge in [-0.2, -0.15) is 11.8 Å². The molecular formula is C23H36N4O3S2. The minimum atomic E-state index is -0.825. The number of anilines is 1. The summed E-state index contributed by atoms with van der Waals surface area (Å²) in [6, 6.07) is 1.91. The monoisotopic (exact) mass is 480 g/mol. The summed E-state index contributed by atoms with van der Waals surface area (Å²) in [5.74, 6) is -0.376. The Labute approximate surface area is 199 Å². The molecule has 9 heteroatoms. The molecule has 2 atom stereocenters. The standard InChI is InChI=1S/C23H36N4O3S2/c1-2-3-4-5-6-7-8-9-10-11-12-13-20(31-15-14-22(28)29)23(30)19-16-21(32-17-19)27-18-24-25-26-27/h10-13,16-17,20,23,30H,2-9,14-15,18H2,1H3,(H,24,26)(H,28,29)/b11-10+,13-12+/t20-,23+/m1/s1. The van der Waals surface area contributed by atoms with Crippen LogP contribution >= 0.6 is 23.1 Å². The van der Waals surface area contributed by atoms with E-state index in [2.05, 4.69) is 28.9 Å². The SMILES string of the molecule is CCCCCCCCC/C=C/C=C/[C@@H](SCCC(=O)O)[C@@H](O)c1csc(N2CNN=N2)c1. The number of unbranched alkanes of at least 4 members (excludes halogenated alkanes) is 7. The van der Waals surface area contributed by atoms with Gasteiger partial charge in [0, 0.05) is 5.75 Å². The zero-order chi connectivity index (χ0) is 23.0. The maximum absolute atomic E-state index is 10.9. The normalized spacial score (nSPS) is 15.6. The van der Waals surface area contributed by atoms with E-state index in [-0.39, 0.29) is 11.7 Å². The molecule has 7 nitrogen and oxygen atoms in total. The van der Waals surface area contributed by atoms with E-state index in [4.69, 9.17) is 5.11 Å². The van der Waals surface area contributed by atoms with Crippen LogP contribution in [0, 0.1) is 0 Å². The molecule has 0 radical (unpaired) electrons. The number of nitrogens with one attached hydrogen (secondary N) is 1. The van der Waals surface area contributed by atoms with E-state index < -0.39 is 12.1 Å². The number of thioether (sulfide) groups is 1. The van der Waals surface area contributed by atoms with Crippen LogP contribution in [0.5, 0.6) is 0 Å². The number of aliphatic hydroxyl groups is 1. The van der Waals surface area contributed by atoms with Gasteiger partial charge in [0.05, 0.1) is 17.8 Å². The quantitative estimate of drug-likeness (QED) is 0.180. The number of thiophene rings is 1. The Morgan fingerprint density at radius 2 is 2.06 bits per heavy atom. The molecule has 0 unspecified atom stereocenters. The average molecular weight is 481 g/mol. The van der Waals surface area contributed by atoms with Crippen LogP contribution in [0.2, 0.25) is 0 Å². The van der Waals surface area contributed by atoms with Crippen molar-refractivity contribution < 1.29 is 15.0 Å². The van der Waals surface area contributed by atoms with Gasteiger partial charge in [0.1, 0.15) is 11.7 Å². The Hall–Kier alpha value is -1.84. The van der Waals surface area contributed by atoms with Crippen LogP contribution in [0.15, 0.2) is 46.2 Å². The van der Waals surface area contributed by atoms with Crippen molar-refractivity contribution in [3.05, 3.63) is 41.3 Å². The summed E-state index contributed by atoms with van der Waals surface area (Å²) in [5, 5.41) is 32.0. The Bertz CT molecular complexity index is 751. The molecule has 0 saturated carbocycles. The molecule has 178 valence electrons. The van der Waals surface area contributed by atoms with Crippen molar-refractivity contribution in [2.75, 3.05) is 17.4 Å². The molecular weight excluding hydrogens is 444 g/mol. The molecule has 0 amide bonds. The third-order valence-electron chi connectivity index (χ3n) is 5.11. The van der Waals surface area contributed by atoms with Gasteiger partial charge in [-0.15, -0.1) is 11.3 Å². The maximum Gasteiger partial charge on any atom is 0.304 e. The Morgan fingerprint density at radius 3 is 2.78 bits per heavy atom. The molecule has 1 aliphatic heterocycles. The highest BCUT2D eigenvalue weighted by Crippen LogP contribution is 2.34. The zero-order valence-electron chi connectivity index (χ0n) is 18.9. The molecule has 1 aliphatic rings. The number of hydrogen-bond donors (Lipinski definition) is 3. The van der Waals surface area contributed by atoms with E-state index in [0.717, 1.165) is 17.0 Å². The third-order valence-corrected chi connectivity index (χ3v) is 7.31. The van der Waals surface area contributed by atoms with Gasteiger partial charge in [-0.05, 0) is 35.1 Å². The van der Waals surface area contributed by atoms with Gasteiger partial charge in [-0.3, -0.25) is 10.2 Å². The van der Waals surface area contributed by atoms with Gasteiger partial charge >= 0.3 is 5.97 Å². The summed E-state index contributed by atoms with van der Waals surface area (Å²) in [6.07, 6.45) is 17.7.